The third-order valence-corrected chi connectivity index (χ3v) is 4.63. The van der Waals surface area contributed by atoms with Crippen LogP contribution in [0.15, 0.2) is 17.2 Å². The second-order valence-electron chi connectivity index (χ2n) is 5.82. The molecule has 0 amide bonds. The second kappa shape index (κ2) is 5.13. The summed E-state index contributed by atoms with van der Waals surface area (Å²) in [5, 5.41) is 0.453. The molecule has 0 N–H and O–H groups in total. The van der Waals surface area contributed by atoms with E-state index >= 15 is 0 Å². The molecule has 2 rings (SSSR count). The van der Waals surface area contributed by atoms with E-state index in [9.17, 15) is 4.21 Å². The van der Waals surface area contributed by atoms with Crippen molar-refractivity contribution >= 4 is 23.4 Å². The highest BCUT2D eigenvalue weighted by atomic mass is 32.2. The van der Waals surface area contributed by atoms with E-state index in [-0.39, 0.29) is 0 Å². The molecule has 1 aromatic heterocycles. The Bertz CT molecular complexity index is 531. The molecule has 1 aliphatic heterocycles. The Labute approximate surface area is 122 Å². The molecular weight excluding hydrogens is 277 g/mol. The van der Waals surface area contributed by atoms with E-state index in [2.05, 4.69) is 4.98 Å². The molecule has 7 heteroatoms. The van der Waals surface area contributed by atoms with E-state index < -0.39 is 29.1 Å². The fourth-order valence-electron chi connectivity index (χ4n) is 1.87. The van der Waals surface area contributed by atoms with Gasteiger partial charge in [-0.15, -0.1) is 0 Å². The van der Waals surface area contributed by atoms with Gasteiger partial charge in [-0.2, -0.15) is 0 Å². The molecule has 1 fully saturated rings. The van der Waals surface area contributed by atoms with Crippen LogP contribution in [0.3, 0.4) is 0 Å². The summed E-state index contributed by atoms with van der Waals surface area (Å²) in [4.78, 5) is 4.16. The molecule has 1 aliphatic rings. The quantitative estimate of drug-likeness (QED) is 0.783. The SMILES string of the molecule is COc1cc(B2OC(C)(C)C(C)(C)O2)cc(S(C)=O)n1. The van der Waals surface area contributed by atoms with Gasteiger partial charge in [0, 0.05) is 12.3 Å². The predicted octanol–water partition coefficient (Wildman–Crippen LogP) is 1.13. The van der Waals surface area contributed by atoms with Gasteiger partial charge in [0.1, 0.15) is 5.03 Å². The van der Waals surface area contributed by atoms with Crippen molar-refractivity contribution in [1.29, 1.82) is 0 Å². The van der Waals surface area contributed by atoms with Crippen molar-refractivity contribution in [2.24, 2.45) is 0 Å². The average Bonchev–Trinajstić information content (AvgIpc) is 2.58. The predicted molar refractivity (Wildman–Crippen MR) is 78.8 cm³/mol. The number of hydrogen-bond acceptors (Lipinski definition) is 5. The van der Waals surface area contributed by atoms with Crippen LogP contribution in [0, 0.1) is 0 Å². The standard InChI is InChI=1S/C13H20BNO4S/c1-12(2)13(3,4)19-14(18-12)9-7-10(17-5)15-11(8-9)20(6)16/h7-8H,1-6H3. The van der Waals surface area contributed by atoms with Crippen molar-refractivity contribution in [3.8, 4) is 5.88 Å². The molecule has 1 atom stereocenters. The lowest BCUT2D eigenvalue weighted by molar-refractivity contribution is 0.00578. The van der Waals surface area contributed by atoms with Gasteiger partial charge in [-0.05, 0) is 39.2 Å². The van der Waals surface area contributed by atoms with Crippen molar-refractivity contribution in [1.82, 2.24) is 4.98 Å². The van der Waals surface area contributed by atoms with Gasteiger partial charge in [-0.25, -0.2) is 4.98 Å². The van der Waals surface area contributed by atoms with Crippen molar-refractivity contribution in [2.45, 2.75) is 43.9 Å². The van der Waals surface area contributed by atoms with Crippen molar-refractivity contribution in [2.75, 3.05) is 13.4 Å². The lowest BCUT2D eigenvalue weighted by Gasteiger charge is -2.32. The largest absolute Gasteiger partial charge is 0.495 e. The van der Waals surface area contributed by atoms with Gasteiger partial charge in [0.2, 0.25) is 5.88 Å². The third-order valence-electron chi connectivity index (χ3n) is 3.83. The average molecular weight is 297 g/mol. The summed E-state index contributed by atoms with van der Waals surface area (Å²) >= 11 is 0. The van der Waals surface area contributed by atoms with Gasteiger partial charge in [0.15, 0.2) is 0 Å². The summed E-state index contributed by atoms with van der Waals surface area (Å²) in [6.07, 6.45) is 1.58. The first kappa shape index (κ1) is 15.5. The first-order valence-corrected chi connectivity index (χ1v) is 7.97. The van der Waals surface area contributed by atoms with E-state index in [0.29, 0.717) is 10.9 Å². The summed E-state index contributed by atoms with van der Waals surface area (Å²) in [6, 6.07) is 3.49. The van der Waals surface area contributed by atoms with Crippen LogP contribution >= 0.6 is 0 Å². The van der Waals surface area contributed by atoms with E-state index in [1.54, 1.807) is 18.4 Å². The molecule has 20 heavy (non-hydrogen) atoms. The zero-order valence-corrected chi connectivity index (χ0v) is 13.5. The van der Waals surface area contributed by atoms with Crippen molar-refractivity contribution in [3.63, 3.8) is 0 Å². The smallest absolute Gasteiger partial charge is 0.481 e. The molecule has 1 unspecified atom stereocenters. The van der Waals surface area contributed by atoms with Crippen LogP contribution in [-0.4, -0.2) is 40.9 Å². The maximum atomic E-state index is 11.6. The number of rotatable bonds is 3. The molecule has 5 nitrogen and oxygen atoms in total. The molecule has 0 aromatic carbocycles. The minimum Gasteiger partial charge on any atom is -0.481 e. The maximum Gasteiger partial charge on any atom is 0.495 e. The van der Waals surface area contributed by atoms with Crippen molar-refractivity contribution < 1.29 is 18.3 Å². The summed E-state index contributed by atoms with van der Waals surface area (Å²) in [7, 11) is -0.180. The number of ether oxygens (including phenoxy) is 1. The monoisotopic (exact) mass is 297 g/mol. The lowest BCUT2D eigenvalue weighted by atomic mass is 9.80. The fraction of sp³-hybridized carbons (Fsp3) is 0.615. The normalized spacial score (nSPS) is 21.8. The van der Waals surface area contributed by atoms with Crippen molar-refractivity contribution in [3.05, 3.63) is 12.1 Å². The molecule has 0 radical (unpaired) electrons. The number of aromatic nitrogens is 1. The molecule has 2 heterocycles. The molecule has 0 saturated carbocycles. The van der Waals surface area contributed by atoms with Crippen LogP contribution in [0.1, 0.15) is 27.7 Å². The number of nitrogens with zero attached hydrogens (tertiary/aromatic N) is 1. The Morgan fingerprint density at radius 3 is 2.20 bits per heavy atom. The Hall–Kier alpha value is -0.915. The van der Waals surface area contributed by atoms with Gasteiger partial charge >= 0.3 is 7.12 Å². The molecule has 1 saturated heterocycles. The van der Waals surface area contributed by atoms with Crippen LogP contribution in [-0.2, 0) is 20.1 Å². The topological polar surface area (TPSA) is 57.7 Å². The molecule has 0 aliphatic carbocycles. The first-order chi connectivity index (χ1) is 9.16. The maximum absolute atomic E-state index is 11.6. The molecule has 0 bridgehead atoms. The van der Waals surface area contributed by atoms with E-state index in [0.717, 1.165) is 5.46 Å². The zero-order valence-electron chi connectivity index (χ0n) is 12.7. The van der Waals surface area contributed by atoms with Crippen LogP contribution in [0.4, 0.5) is 0 Å². The number of pyridine rings is 1. The number of hydrogen-bond donors (Lipinski definition) is 0. The third kappa shape index (κ3) is 2.75. The van der Waals surface area contributed by atoms with Crippen LogP contribution in [0.2, 0.25) is 0 Å². The summed E-state index contributed by atoms with van der Waals surface area (Å²) in [6.45, 7) is 7.96. The number of methoxy groups -OCH3 is 1. The highest BCUT2D eigenvalue weighted by Crippen LogP contribution is 2.36. The Balaban J connectivity index is 2.39. The van der Waals surface area contributed by atoms with Crippen LogP contribution < -0.4 is 10.2 Å². The van der Waals surface area contributed by atoms with Gasteiger partial charge < -0.3 is 14.0 Å². The van der Waals surface area contributed by atoms with E-state index in [1.807, 2.05) is 27.7 Å². The summed E-state index contributed by atoms with van der Waals surface area (Å²) in [5.74, 6) is 0.405. The lowest BCUT2D eigenvalue weighted by Crippen LogP contribution is -2.41. The molecular formula is C13H20BNO4S. The van der Waals surface area contributed by atoms with Crippen LogP contribution in [0.25, 0.3) is 0 Å². The minimum atomic E-state index is -1.19. The van der Waals surface area contributed by atoms with Gasteiger partial charge in [0.05, 0.1) is 29.1 Å². The van der Waals surface area contributed by atoms with Gasteiger partial charge in [-0.3, -0.25) is 4.21 Å². The van der Waals surface area contributed by atoms with Gasteiger partial charge in [-0.1, -0.05) is 0 Å². The van der Waals surface area contributed by atoms with E-state index in [4.69, 9.17) is 14.0 Å². The zero-order chi connectivity index (χ0) is 15.1. The second-order valence-corrected chi connectivity index (χ2v) is 7.15. The van der Waals surface area contributed by atoms with Gasteiger partial charge in [0.25, 0.3) is 0 Å². The Morgan fingerprint density at radius 1 is 1.20 bits per heavy atom. The minimum absolute atomic E-state index is 0.405. The van der Waals surface area contributed by atoms with Crippen LogP contribution in [0.5, 0.6) is 5.88 Å². The Kier molecular flexibility index (Phi) is 3.97. The highest BCUT2D eigenvalue weighted by molar-refractivity contribution is 7.84. The highest BCUT2D eigenvalue weighted by Gasteiger charge is 2.51. The molecule has 0 spiro atoms. The summed E-state index contributed by atoms with van der Waals surface area (Å²) < 4.78 is 28.8. The Morgan fingerprint density at radius 2 is 1.75 bits per heavy atom. The summed E-state index contributed by atoms with van der Waals surface area (Å²) in [5.41, 5.74) is -0.0694. The van der Waals surface area contributed by atoms with E-state index in [1.165, 1.54) is 7.11 Å². The first-order valence-electron chi connectivity index (χ1n) is 6.41. The molecule has 1 aromatic rings. The molecule has 110 valence electrons. The fourth-order valence-corrected chi connectivity index (χ4v) is 2.39.